The molecule has 36 heavy (non-hydrogen) atoms. The van der Waals surface area contributed by atoms with Gasteiger partial charge in [-0.2, -0.15) is 8.42 Å². The standard InChI is InChI=1S/C29H49NO5S/c1-3-5-7-9-11-13-14-15-16-17-19-21-23-25-29(32)30-27(26-36(33,34)35)28(31)24-22-20-18-12-10-8-6-4-2/h5,7,10-13,15-16,22,24,27-28,31H,3-4,6,8-9,14,17-21,23,25-26H2,1-2H3,(H,30,32)(H,33,34,35)/b7-5-,12-10+,13-11-,16-15-,24-22+. The van der Waals surface area contributed by atoms with Crippen LogP contribution < -0.4 is 5.32 Å². The summed E-state index contributed by atoms with van der Waals surface area (Å²) < 4.78 is 31.9. The Morgan fingerprint density at radius 2 is 1.36 bits per heavy atom. The molecule has 0 spiro atoms. The predicted octanol–water partition coefficient (Wildman–Crippen LogP) is 6.61. The fourth-order valence-electron chi connectivity index (χ4n) is 3.40. The van der Waals surface area contributed by atoms with E-state index in [1.54, 1.807) is 6.08 Å². The van der Waals surface area contributed by atoms with Crippen molar-refractivity contribution in [2.75, 3.05) is 5.75 Å². The predicted molar refractivity (Wildman–Crippen MR) is 151 cm³/mol. The second-order valence-electron chi connectivity index (χ2n) is 8.93. The van der Waals surface area contributed by atoms with Gasteiger partial charge in [0, 0.05) is 6.42 Å². The van der Waals surface area contributed by atoms with Crippen LogP contribution in [0.25, 0.3) is 0 Å². The van der Waals surface area contributed by atoms with Gasteiger partial charge in [-0.05, 0) is 57.8 Å². The Balaban J connectivity index is 4.27. The number of aliphatic hydroxyl groups is 1. The van der Waals surface area contributed by atoms with Crippen LogP contribution in [-0.2, 0) is 14.9 Å². The molecule has 0 heterocycles. The molecular weight excluding hydrogens is 474 g/mol. The van der Waals surface area contributed by atoms with Gasteiger partial charge in [0.05, 0.1) is 17.9 Å². The molecule has 6 nitrogen and oxygen atoms in total. The van der Waals surface area contributed by atoms with Crippen LogP contribution in [0.4, 0.5) is 0 Å². The summed E-state index contributed by atoms with van der Waals surface area (Å²) >= 11 is 0. The third kappa shape index (κ3) is 23.8. The number of allylic oxidation sites excluding steroid dienone is 9. The number of nitrogens with one attached hydrogen (secondary N) is 1. The highest BCUT2D eigenvalue weighted by Crippen LogP contribution is 2.07. The van der Waals surface area contributed by atoms with Crippen molar-refractivity contribution in [2.24, 2.45) is 0 Å². The number of carbonyl (C=O) groups excluding carboxylic acids is 1. The van der Waals surface area contributed by atoms with Gasteiger partial charge in [-0.1, -0.05) is 93.9 Å². The fraction of sp³-hybridized carbons (Fsp3) is 0.621. The van der Waals surface area contributed by atoms with Crippen molar-refractivity contribution in [1.82, 2.24) is 5.32 Å². The summed E-state index contributed by atoms with van der Waals surface area (Å²) in [7, 11) is -4.35. The molecule has 0 saturated carbocycles. The number of rotatable bonds is 22. The quantitative estimate of drug-likeness (QED) is 0.0841. The maximum Gasteiger partial charge on any atom is 0.267 e. The molecule has 1 amide bonds. The third-order valence-corrected chi connectivity index (χ3v) is 6.21. The molecule has 0 aliphatic carbocycles. The van der Waals surface area contributed by atoms with Gasteiger partial charge in [-0.3, -0.25) is 9.35 Å². The largest absolute Gasteiger partial charge is 0.387 e. The minimum atomic E-state index is -4.35. The zero-order valence-corrected chi connectivity index (χ0v) is 23.2. The number of hydrogen-bond acceptors (Lipinski definition) is 4. The molecule has 0 rings (SSSR count). The van der Waals surface area contributed by atoms with Gasteiger partial charge >= 0.3 is 0 Å². The SMILES string of the molecule is CC/C=C\C/C=C\C/C=C\CCCCCC(=O)NC(CS(=O)(=O)O)C(O)/C=C/CC/C=C/CCCC. The molecule has 206 valence electrons. The van der Waals surface area contributed by atoms with Gasteiger partial charge in [0.2, 0.25) is 5.91 Å². The van der Waals surface area contributed by atoms with Gasteiger partial charge in [0.1, 0.15) is 0 Å². The van der Waals surface area contributed by atoms with E-state index in [0.717, 1.165) is 64.2 Å². The van der Waals surface area contributed by atoms with E-state index in [1.165, 1.54) is 6.08 Å². The lowest BCUT2D eigenvalue weighted by atomic mass is 10.1. The lowest BCUT2D eigenvalue weighted by molar-refractivity contribution is -0.122. The van der Waals surface area contributed by atoms with E-state index >= 15 is 0 Å². The third-order valence-electron chi connectivity index (χ3n) is 5.43. The maximum absolute atomic E-state index is 12.3. The Morgan fingerprint density at radius 3 is 2.03 bits per heavy atom. The van der Waals surface area contributed by atoms with Crippen molar-refractivity contribution < 1.29 is 22.9 Å². The molecule has 0 aliphatic heterocycles. The van der Waals surface area contributed by atoms with Crippen LogP contribution in [0.5, 0.6) is 0 Å². The van der Waals surface area contributed by atoms with Crippen molar-refractivity contribution in [2.45, 2.75) is 109 Å². The Hall–Kier alpha value is -1.96. The van der Waals surface area contributed by atoms with Crippen molar-refractivity contribution in [3.05, 3.63) is 60.8 Å². The summed E-state index contributed by atoms with van der Waals surface area (Å²) in [5.74, 6) is -1.05. The van der Waals surface area contributed by atoms with E-state index in [2.05, 4.69) is 67.8 Å². The highest BCUT2D eigenvalue weighted by Gasteiger charge is 2.24. The summed E-state index contributed by atoms with van der Waals surface area (Å²) in [6, 6.07) is -1.09. The molecule has 0 aromatic heterocycles. The first-order valence-corrected chi connectivity index (χ1v) is 15.1. The normalized spacial score (nSPS) is 14.7. The Morgan fingerprint density at radius 1 is 0.778 bits per heavy atom. The highest BCUT2D eigenvalue weighted by molar-refractivity contribution is 7.85. The summed E-state index contributed by atoms with van der Waals surface area (Å²) in [6.07, 6.45) is 30.8. The molecule has 2 unspecified atom stereocenters. The minimum Gasteiger partial charge on any atom is -0.387 e. The molecule has 0 aliphatic rings. The van der Waals surface area contributed by atoms with E-state index < -0.39 is 28.0 Å². The first-order valence-electron chi connectivity index (χ1n) is 13.5. The zero-order valence-electron chi connectivity index (χ0n) is 22.4. The number of aliphatic hydroxyl groups excluding tert-OH is 1. The van der Waals surface area contributed by atoms with E-state index in [4.69, 9.17) is 0 Å². The molecule has 0 aromatic carbocycles. The average Bonchev–Trinajstić information content (AvgIpc) is 2.82. The fourth-order valence-corrected chi connectivity index (χ4v) is 4.14. The molecule has 0 saturated heterocycles. The Labute approximate surface area is 220 Å². The molecule has 0 bridgehead atoms. The monoisotopic (exact) mass is 523 g/mol. The second kappa shape index (κ2) is 23.4. The van der Waals surface area contributed by atoms with Crippen LogP contribution in [-0.4, -0.2) is 41.9 Å². The summed E-state index contributed by atoms with van der Waals surface area (Å²) in [4.78, 5) is 12.3. The van der Waals surface area contributed by atoms with E-state index in [1.807, 2.05) is 0 Å². The molecule has 0 aromatic rings. The second-order valence-corrected chi connectivity index (χ2v) is 10.4. The van der Waals surface area contributed by atoms with Crippen LogP contribution in [0, 0.1) is 0 Å². The number of unbranched alkanes of at least 4 members (excludes halogenated alkanes) is 6. The summed E-state index contributed by atoms with van der Waals surface area (Å²) in [5.41, 5.74) is 0. The number of amides is 1. The average molecular weight is 524 g/mol. The van der Waals surface area contributed by atoms with E-state index in [9.17, 15) is 22.9 Å². The Bertz CT molecular complexity index is 796. The van der Waals surface area contributed by atoms with E-state index in [0.29, 0.717) is 12.8 Å². The lowest BCUT2D eigenvalue weighted by Gasteiger charge is -2.21. The van der Waals surface area contributed by atoms with Crippen molar-refractivity contribution in [3.8, 4) is 0 Å². The molecule has 2 atom stereocenters. The lowest BCUT2D eigenvalue weighted by Crippen LogP contribution is -2.46. The van der Waals surface area contributed by atoms with Gasteiger partial charge in [-0.15, -0.1) is 0 Å². The van der Waals surface area contributed by atoms with Crippen molar-refractivity contribution in [1.29, 1.82) is 0 Å². The Kier molecular flexibility index (Phi) is 22.2. The summed E-state index contributed by atoms with van der Waals surface area (Å²) in [5, 5.41) is 12.9. The van der Waals surface area contributed by atoms with Gasteiger partial charge < -0.3 is 10.4 Å². The topological polar surface area (TPSA) is 104 Å². The van der Waals surface area contributed by atoms with Crippen LogP contribution in [0.15, 0.2) is 60.8 Å². The zero-order chi connectivity index (χ0) is 26.9. The van der Waals surface area contributed by atoms with E-state index in [-0.39, 0.29) is 12.3 Å². The maximum atomic E-state index is 12.3. The van der Waals surface area contributed by atoms with Crippen LogP contribution >= 0.6 is 0 Å². The van der Waals surface area contributed by atoms with Gasteiger partial charge in [-0.25, -0.2) is 0 Å². The van der Waals surface area contributed by atoms with Gasteiger partial charge in [0.15, 0.2) is 0 Å². The molecule has 0 fully saturated rings. The molecule has 7 heteroatoms. The smallest absolute Gasteiger partial charge is 0.267 e. The van der Waals surface area contributed by atoms with Crippen LogP contribution in [0.2, 0.25) is 0 Å². The van der Waals surface area contributed by atoms with Crippen molar-refractivity contribution in [3.63, 3.8) is 0 Å². The van der Waals surface area contributed by atoms with Gasteiger partial charge in [0.25, 0.3) is 10.1 Å². The first kappa shape index (κ1) is 34.0. The number of hydrogen-bond donors (Lipinski definition) is 3. The van der Waals surface area contributed by atoms with Crippen molar-refractivity contribution >= 4 is 16.0 Å². The van der Waals surface area contributed by atoms with Crippen LogP contribution in [0.3, 0.4) is 0 Å². The number of carbonyl (C=O) groups is 1. The molecule has 0 radical (unpaired) electrons. The first-order chi connectivity index (χ1) is 17.3. The summed E-state index contributed by atoms with van der Waals surface area (Å²) in [6.45, 7) is 4.27. The molecular formula is C29H49NO5S. The molecule has 3 N–H and O–H groups in total. The van der Waals surface area contributed by atoms with Crippen LogP contribution in [0.1, 0.15) is 97.3 Å². The minimum absolute atomic E-state index is 0.249. The highest BCUT2D eigenvalue weighted by atomic mass is 32.2.